The number of hydrogen-bond acceptors (Lipinski definition) is 6. The number of thiophene rings is 1. The molecule has 1 amide bonds. The molecular weight excluding hydrogens is 422 g/mol. The fourth-order valence-electron chi connectivity index (χ4n) is 7.49. The Morgan fingerprint density at radius 2 is 1.66 bits per heavy atom. The highest BCUT2D eigenvalue weighted by Crippen LogP contribution is 2.55. The second-order valence-electron chi connectivity index (χ2n) is 10.5. The van der Waals surface area contributed by atoms with Crippen LogP contribution < -0.4 is 5.32 Å². The van der Waals surface area contributed by atoms with Crippen molar-refractivity contribution in [2.24, 2.45) is 23.7 Å². The SMILES string of the molecule is CCc1c(C)sc(NC(=O)CN2CCN(C3C4CC5CC(C4)CC3C5)CC2)c1C(=O)OC. The maximum absolute atomic E-state index is 12.8. The highest BCUT2D eigenvalue weighted by atomic mass is 32.1. The number of piperazine rings is 1. The molecule has 176 valence electrons. The Balaban J connectivity index is 1.16. The summed E-state index contributed by atoms with van der Waals surface area (Å²) in [6.45, 7) is 8.45. The maximum atomic E-state index is 12.8. The van der Waals surface area contributed by atoms with E-state index in [1.165, 1.54) is 50.6 Å². The predicted molar refractivity (Wildman–Crippen MR) is 127 cm³/mol. The molecule has 0 spiro atoms. The normalized spacial score (nSPS) is 32.3. The molecule has 1 N–H and O–H groups in total. The van der Waals surface area contributed by atoms with Crippen LogP contribution in [-0.4, -0.2) is 67.6 Å². The van der Waals surface area contributed by atoms with Crippen molar-refractivity contribution in [1.29, 1.82) is 0 Å². The van der Waals surface area contributed by atoms with Crippen LogP contribution >= 0.6 is 11.3 Å². The molecule has 0 unspecified atom stereocenters. The van der Waals surface area contributed by atoms with Gasteiger partial charge in [-0.05, 0) is 74.7 Å². The van der Waals surface area contributed by atoms with Crippen molar-refractivity contribution in [2.75, 3.05) is 45.2 Å². The lowest BCUT2D eigenvalue weighted by atomic mass is 9.54. The van der Waals surface area contributed by atoms with E-state index in [1.54, 1.807) is 0 Å². The summed E-state index contributed by atoms with van der Waals surface area (Å²) in [6.07, 6.45) is 8.09. The minimum Gasteiger partial charge on any atom is -0.465 e. The average Bonchev–Trinajstić information content (AvgIpc) is 3.08. The molecule has 0 atom stereocenters. The van der Waals surface area contributed by atoms with Gasteiger partial charge in [0.15, 0.2) is 0 Å². The van der Waals surface area contributed by atoms with Gasteiger partial charge < -0.3 is 10.1 Å². The molecule has 7 heteroatoms. The first-order valence-electron chi connectivity index (χ1n) is 12.4. The van der Waals surface area contributed by atoms with Gasteiger partial charge in [0.25, 0.3) is 0 Å². The molecule has 1 aromatic heterocycles. The van der Waals surface area contributed by atoms with Gasteiger partial charge in [0.2, 0.25) is 5.91 Å². The smallest absolute Gasteiger partial charge is 0.341 e. The lowest BCUT2D eigenvalue weighted by Crippen LogP contribution is -2.60. The summed E-state index contributed by atoms with van der Waals surface area (Å²) in [6, 6.07) is 0.794. The minimum atomic E-state index is -0.370. The van der Waals surface area contributed by atoms with Crippen molar-refractivity contribution in [3.05, 3.63) is 16.0 Å². The van der Waals surface area contributed by atoms with Crippen molar-refractivity contribution in [3.8, 4) is 0 Å². The highest BCUT2D eigenvalue weighted by molar-refractivity contribution is 7.16. The zero-order valence-corrected chi connectivity index (χ0v) is 20.5. The van der Waals surface area contributed by atoms with E-state index >= 15 is 0 Å². The minimum absolute atomic E-state index is 0.0397. The van der Waals surface area contributed by atoms with Crippen LogP contribution in [0.3, 0.4) is 0 Å². The molecule has 0 radical (unpaired) electrons. The van der Waals surface area contributed by atoms with Gasteiger partial charge in [0, 0.05) is 37.1 Å². The second kappa shape index (κ2) is 9.07. The van der Waals surface area contributed by atoms with Crippen molar-refractivity contribution < 1.29 is 14.3 Å². The Bertz CT molecular complexity index is 846. The first-order valence-corrected chi connectivity index (χ1v) is 13.2. The van der Waals surface area contributed by atoms with E-state index in [0.717, 1.165) is 72.8 Å². The zero-order valence-electron chi connectivity index (χ0n) is 19.7. The summed E-state index contributed by atoms with van der Waals surface area (Å²) >= 11 is 1.47. The number of methoxy groups -OCH3 is 1. The third-order valence-electron chi connectivity index (χ3n) is 8.58. The van der Waals surface area contributed by atoms with Gasteiger partial charge in [-0.25, -0.2) is 4.79 Å². The first-order chi connectivity index (χ1) is 15.5. The number of aryl methyl sites for hydroxylation is 1. The Hall–Kier alpha value is -1.44. The number of amides is 1. The zero-order chi connectivity index (χ0) is 22.4. The van der Waals surface area contributed by atoms with E-state index in [0.29, 0.717) is 17.1 Å². The molecular formula is C25H37N3O3S. The van der Waals surface area contributed by atoms with Crippen LogP contribution in [-0.2, 0) is 16.0 Å². The number of ether oxygens (including phenoxy) is 1. The number of nitrogens with zero attached hydrogens (tertiary/aromatic N) is 2. The number of rotatable bonds is 6. The van der Waals surface area contributed by atoms with Crippen LogP contribution in [0.25, 0.3) is 0 Å². The van der Waals surface area contributed by atoms with E-state index in [-0.39, 0.29) is 11.9 Å². The molecule has 32 heavy (non-hydrogen) atoms. The fourth-order valence-corrected chi connectivity index (χ4v) is 8.64. The van der Waals surface area contributed by atoms with E-state index in [4.69, 9.17) is 4.74 Å². The van der Waals surface area contributed by atoms with E-state index < -0.39 is 0 Å². The lowest BCUT2D eigenvalue weighted by molar-refractivity contribution is -0.118. The van der Waals surface area contributed by atoms with Gasteiger partial charge in [0.1, 0.15) is 5.00 Å². The van der Waals surface area contributed by atoms with Gasteiger partial charge in [-0.15, -0.1) is 11.3 Å². The Kier molecular flexibility index (Phi) is 6.34. The average molecular weight is 460 g/mol. The van der Waals surface area contributed by atoms with Crippen LogP contribution in [0.1, 0.15) is 59.8 Å². The highest BCUT2D eigenvalue weighted by Gasteiger charge is 2.50. The number of nitrogens with one attached hydrogen (secondary N) is 1. The van der Waals surface area contributed by atoms with Crippen LogP contribution in [0.2, 0.25) is 0 Å². The molecule has 1 saturated heterocycles. The van der Waals surface area contributed by atoms with Crippen LogP contribution in [0.4, 0.5) is 5.00 Å². The number of esters is 1. The predicted octanol–water partition coefficient (Wildman–Crippen LogP) is 3.79. The number of carbonyl (C=O) groups excluding carboxylic acids is 2. The third kappa shape index (κ3) is 4.12. The Morgan fingerprint density at radius 1 is 1.03 bits per heavy atom. The van der Waals surface area contributed by atoms with Gasteiger partial charge in [0.05, 0.1) is 19.2 Å². The standard InChI is InChI=1S/C25H37N3O3S/c1-4-20-15(2)32-24(22(20)25(30)31-3)26-21(29)14-27-5-7-28(8-6-27)23-18-10-16-9-17(12-18)13-19(23)11-16/h16-19,23H,4-14H2,1-3H3,(H,26,29). The van der Waals surface area contributed by atoms with Gasteiger partial charge >= 0.3 is 5.97 Å². The maximum Gasteiger partial charge on any atom is 0.341 e. The molecule has 6 nitrogen and oxygen atoms in total. The first kappa shape index (κ1) is 22.4. The van der Waals surface area contributed by atoms with E-state index in [9.17, 15) is 9.59 Å². The Labute approximate surface area is 195 Å². The van der Waals surface area contributed by atoms with Crippen LogP contribution in [0.5, 0.6) is 0 Å². The molecule has 1 aliphatic heterocycles. The third-order valence-corrected chi connectivity index (χ3v) is 9.64. The van der Waals surface area contributed by atoms with Crippen LogP contribution in [0, 0.1) is 30.6 Å². The van der Waals surface area contributed by atoms with Gasteiger partial charge in [-0.2, -0.15) is 0 Å². The summed E-state index contributed by atoms with van der Waals surface area (Å²) in [7, 11) is 1.39. The molecule has 0 aromatic carbocycles. The second-order valence-corrected chi connectivity index (χ2v) is 11.7. The van der Waals surface area contributed by atoms with Crippen molar-refractivity contribution in [3.63, 3.8) is 0 Å². The van der Waals surface area contributed by atoms with Crippen molar-refractivity contribution >= 4 is 28.2 Å². The van der Waals surface area contributed by atoms with Crippen molar-refractivity contribution in [1.82, 2.24) is 9.80 Å². The summed E-state index contributed by atoms with van der Waals surface area (Å²) < 4.78 is 4.97. The molecule has 6 rings (SSSR count). The number of carbonyl (C=O) groups is 2. The van der Waals surface area contributed by atoms with Gasteiger partial charge in [-0.3, -0.25) is 14.6 Å². The molecule has 2 heterocycles. The molecule has 4 bridgehead atoms. The monoisotopic (exact) mass is 459 g/mol. The number of hydrogen-bond donors (Lipinski definition) is 1. The molecule has 4 saturated carbocycles. The fraction of sp³-hybridized carbons (Fsp3) is 0.760. The largest absolute Gasteiger partial charge is 0.465 e. The van der Waals surface area contributed by atoms with Gasteiger partial charge in [-0.1, -0.05) is 6.92 Å². The summed E-state index contributed by atoms with van der Waals surface area (Å²) in [4.78, 5) is 31.2. The van der Waals surface area contributed by atoms with Crippen molar-refractivity contribution in [2.45, 2.75) is 58.4 Å². The topological polar surface area (TPSA) is 61.9 Å². The molecule has 5 aliphatic rings. The summed E-state index contributed by atoms with van der Waals surface area (Å²) in [5, 5.41) is 3.64. The summed E-state index contributed by atoms with van der Waals surface area (Å²) in [5.41, 5.74) is 1.50. The molecule has 5 fully saturated rings. The van der Waals surface area contributed by atoms with Crippen LogP contribution in [0.15, 0.2) is 0 Å². The quantitative estimate of drug-likeness (QED) is 0.656. The number of anilines is 1. The Morgan fingerprint density at radius 3 is 2.22 bits per heavy atom. The summed E-state index contributed by atoms with van der Waals surface area (Å²) in [5.74, 6) is 3.47. The molecule has 1 aromatic rings. The van der Waals surface area contributed by atoms with E-state index in [2.05, 4.69) is 15.1 Å². The lowest BCUT2D eigenvalue weighted by Gasteiger charge is -2.58. The molecule has 4 aliphatic carbocycles. The van der Waals surface area contributed by atoms with E-state index in [1.807, 2.05) is 13.8 Å².